The van der Waals surface area contributed by atoms with Gasteiger partial charge in [0.05, 0.1) is 10.6 Å². The molecule has 0 unspecified atom stereocenters. The van der Waals surface area contributed by atoms with Crippen molar-refractivity contribution >= 4 is 46.6 Å². The molecule has 1 aliphatic carbocycles. The zero-order valence-corrected chi connectivity index (χ0v) is 18.2. The number of hydrogen-bond acceptors (Lipinski definition) is 3. The van der Waals surface area contributed by atoms with Crippen LogP contribution in [0.15, 0.2) is 42.5 Å². The molecule has 0 aliphatic heterocycles. The molecule has 2 aromatic rings. The first-order valence-corrected chi connectivity index (χ1v) is 10.5. The third-order valence-corrected chi connectivity index (χ3v) is 5.26. The molecule has 3 N–H and O–H groups in total. The summed E-state index contributed by atoms with van der Waals surface area (Å²) in [4.78, 5) is 37.7. The van der Waals surface area contributed by atoms with E-state index in [1.54, 1.807) is 30.3 Å². The van der Waals surface area contributed by atoms with Crippen molar-refractivity contribution in [3.05, 3.63) is 63.6 Å². The van der Waals surface area contributed by atoms with Crippen LogP contribution in [0.5, 0.6) is 0 Å². The van der Waals surface area contributed by atoms with Crippen LogP contribution in [-0.2, 0) is 4.79 Å². The Morgan fingerprint density at radius 1 is 1.00 bits per heavy atom. The molecule has 3 amide bonds. The fourth-order valence-corrected chi connectivity index (χ4v) is 3.38. The lowest BCUT2D eigenvalue weighted by Crippen LogP contribution is -2.47. The number of carbonyl (C=O) groups excluding carboxylic acids is 3. The topological polar surface area (TPSA) is 87.3 Å². The zero-order chi connectivity index (χ0) is 21.8. The fraction of sp³-hybridized carbons (Fsp3) is 0.318. The highest BCUT2D eigenvalue weighted by Crippen LogP contribution is 2.22. The van der Waals surface area contributed by atoms with Gasteiger partial charge in [-0.25, -0.2) is 0 Å². The van der Waals surface area contributed by atoms with Crippen molar-refractivity contribution in [1.29, 1.82) is 0 Å². The summed E-state index contributed by atoms with van der Waals surface area (Å²) < 4.78 is 0. The van der Waals surface area contributed by atoms with E-state index in [1.807, 2.05) is 13.8 Å². The van der Waals surface area contributed by atoms with Gasteiger partial charge in [-0.3, -0.25) is 14.4 Å². The van der Waals surface area contributed by atoms with Gasteiger partial charge in [-0.05, 0) is 55.2 Å². The lowest BCUT2D eigenvalue weighted by Gasteiger charge is -2.22. The molecule has 0 radical (unpaired) electrons. The minimum absolute atomic E-state index is 0.167. The molecule has 2 aromatic carbocycles. The van der Waals surface area contributed by atoms with Gasteiger partial charge in [-0.2, -0.15) is 0 Å². The van der Waals surface area contributed by atoms with E-state index in [9.17, 15) is 14.4 Å². The van der Waals surface area contributed by atoms with Gasteiger partial charge in [0.15, 0.2) is 0 Å². The summed E-state index contributed by atoms with van der Waals surface area (Å²) in [6.07, 6.45) is 1.99. The molecular weight excluding hydrogens is 425 g/mol. The van der Waals surface area contributed by atoms with Crippen molar-refractivity contribution in [3.8, 4) is 0 Å². The summed E-state index contributed by atoms with van der Waals surface area (Å²) in [6.45, 7) is 3.65. The first kappa shape index (κ1) is 22.1. The monoisotopic (exact) mass is 447 g/mol. The predicted molar refractivity (Wildman–Crippen MR) is 118 cm³/mol. The smallest absolute Gasteiger partial charge is 0.253 e. The van der Waals surface area contributed by atoms with Crippen LogP contribution in [0.25, 0.3) is 0 Å². The van der Waals surface area contributed by atoms with Gasteiger partial charge in [0.1, 0.15) is 6.04 Å². The number of anilines is 1. The van der Waals surface area contributed by atoms with Gasteiger partial charge >= 0.3 is 0 Å². The molecule has 0 spiro atoms. The number of benzene rings is 2. The predicted octanol–water partition coefficient (Wildman–Crippen LogP) is 4.28. The standard InChI is InChI=1S/C22H23Cl2N3O3/c1-12(2)19(27-21(29)17-9-6-14(23)11-18(17)24)22(30)26-16-5-3-4-13(10-16)20(28)25-15-7-8-15/h3-6,9-12,15,19H,7-8H2,1-2H3,(H,25,28)(H,26,30)(H,27,29)/t19-/m0/s1. The number of halogens is 2. The Morgan fingerprint density at radius 2 is 1.73 bits per heavy atom. The third-order valence-electron chi connectivity index (χ3n) is 4.72. The molecule has 8 heteroatoms. The molecule has 158 valence electrons. The molecule has 0 aromatic heterocycles. The van der Waals surface area contributed by atoms with Crippen molar-refractivity contribution < 1.29 is 14.4 Å². The normalized spacial score (nSPS) is 14.2. The molecule has 0 bridgehead atoms. The highest BCUT2D eigenvalue weighted by atomic mass is 35.5. The second-order valence-electron chi connectivity index (χ2n) is 7.64. The van der Waals surface area contributed by atoms with Gasteiger partial charge in [-0.1, -0.05) is 43.1 Å². The van der Waals surface area contributed by atoms with Crippen LogP contribution in [0.1, 0.15) is 47.4 Å². The van der Waals surface area contributed by atoms with Crippen LogP contribution in [0, 0.1) is 5.92 Å². The van der Waals surface area contributed by atoms with Gasteiger partial charge < -0.3 is 16.0 Å². The largest absolute Gasteiger partial charge is 0.349 e. The van der Waals surface area contributed by atoms with Gasteiger partial charge in [0, 0.05) is 22.3 Å². The second-order valence-corrected chi connectivity index (χ2v) is 8.48. The molecule has 1 aliphatic rings. The van der Waals surface area contributed by atoms with Crippen molar-refractivity contribution in [1.82, 2.24) is 10.6 Å². The minimum Gasteiger partial charge on any atom is -0.349 e. The summed E-state index contributed by atoms with van der Waals surface area (Å²) in [7, 11) is 0. The number of hydrogen-bond donors (Lipinski definition) is 3. The maximum absolute atomic E-state index is 12.8. The third kappa shape index (κ3) is 5.74. The zero-order valence-electron chi connectivity index (χ0n) is 16.7. The number of rotatable bonds is 7. The Hall–Kier alpha value is -2.57. The fourth-order valence-electron chi connectivity index (χ4n) is 2.88. The highest BCUT2D eigenvalue weighted by molar-refractivity contribution is 6.36. The summed E-state index contributed by atoms with van der Waals surface area (Å²) in [5.74, 6) is -1.20. The van der Waals surface area contributed by atoms with Gasteiger partial charge in [0.25, 0.3) is 11.8 Å². The van der Waals surface area contributed by atoms with Gasteiger partial charge in [-0.15, -0.1) is 0 Å². The van der Waals surface area contributed by atoms with E-state index in [-0.39, 0.29) is 34.4 Å². The Bertz CT molecular complexity index is 974. The van der Waals surface area contributed by atoms with Crippen LogP contribution < -0.4 is 16.0 Å². The summed E-state index contributed by atoms with van der Waals surface area (Å²) in [6, 6.07) is 10.7. The van der Waals surface area contributed by atoms with E-state index in [4.69, 9.17) is 23.2 Å². The van der Waals surface area contributed by atoms with Crippen molar-refractivity contribution in [3.63, 3.8) is 0 Å². The van der Waals surface area contributed by atoms with E-state index in [0.717, 1.165) is 12.8 Å². The van der Waals surface area contributed by atoms with Crippen molar-refractivity contribution in [2.75, 3.05) is 5.32 Å². The number of amides is 3. The lowest BCUT2D eigenvalue weighted by atomic mass is 10.0. The summed E-state index contributed by atoms with van der Waals surface area (Å²) in [5.41, 5.74) is 1.18. The Balaban J connectivity index is 1.69. The number of carbonyl (C=O) groups is 3. The molecule has 1 fully saturated rings. The molecule has 6 nitrogen and oxygen atoms in total. The lowest BCUT2D eigenvalue weighted by molar-refractivity contribution is -0.118. The molecule has 0 heterocycles. The second kappa shape index (κ2) is 9.49. The van der Waals surface area contributed by atoms with Crippen molar-refractivity contribution in [2.24, 2.45) is 5.92 Å². The first-order valence-electron chi connectivity index (χ1n) is 9.72. The molecular formula is C22H23Cl2N3O3. The maximum Gasteiger partial charge on any atom is 0.253 e. The molecule has 1 saturated carbocycles. The Labute approximate surface area is 185 Å². The van der Waals surface area contributed by atoms with Crippen LogP contribution in [0.2, 0.25) is 10.0 Å². The summed E-state index contributed by atoms with van der Waals surface area (Å²) in [5, 5.41) is 9.04. The summed E-state index contributed by atoms with van der Waals surface area (Å²) >= 11 is 12.0. The quantitative estimate of drug-likeness (QED) is 0.591. The SMILES string of the molecule is CC(C)[C@H](NC(=O)c1ccc(Cl)cc1Cl)C(=O)Nc1cccc(C(=O)NC2CC2)c1. The molecule has 1 atom stereocenters. The van der Waals surface area contributed by atoms with Crippen molar-refractivity contribution in [2.45, 2.75) is 38.8 Å². The van der Waals surface area contributed by atoms with E-state index >= 15 is 0 Å². The van der Waals surface area contributed by atoms with Crippen LogP contribution >= 0.6 is 23.2 Å². The van der Waals surface area contributed by atoms with Crippen LogP contribution in [0.4, 0.5) is 5.69 Å². The van der Waals surface area contributed by atoms with E-state index < -0.39 is 11.9 Å². The van der Waals surface area contributed by atoms with Gasteiger partial charge in [0.2, 0.25) is 5.91 Å². The van der Waals surface area contributed by atoms with Crippen LogP contribution in [-0.4, -0.2) is 29.8 Å². The highest BCUT2D eigenvalue weighted by Gasteiger charge is 2.26. The maximum atomic E-state index is 12.8. The molecule has 3 rings (SSSR count). The average Bonchev–Trinajstić information content (AvgIpc) is 3.49. The molecule has 30 heavy (non-hydrogen) atoms. The van der Waals surface area contributed by atoms with E-state index in [0.29, 0.717) is 16.3 Å². The Morgan fingerprint density at radius 3 is 2.37 bits per heavy atom. The Kier molecular flexibility index (Phi) is 7.00. The van der Waals surface area contributed by atoms with E-state index in [2.05, 4.69) is 16.0 Å². The van der Waals surface area contributed by atoms with Crippen LogP contribution in [0.3, 0.4) is 0 Å². The molecule has 0 saturated heterocycles. The minimum atomic E-state index is -0.798. The first-order chi connectivity index (χ1) is 14.2. The number of nitrogens with one attached hydrogen (secondary N) is 3. The average molecular weight is 448 g/mol. The van der Waals surface area contributed by atoms with E-state index in [1.165, 1.54) is 12.1 Å².